The zero-order valence-corrected chi connectivity index (χ0v) is 11.3. The van der Waals surface area contributed by atoms with Gasteiger partial charge in [0.25, 0.3) is 0 Å². The van der Waals surface area contributed by atoms with E-state index in [2.05, 4.69) is 35.9 Å². The van der Waals surface area contributed by atoms with Crippen molar-refractivity contribution in [2.24, 2.45) is 0 Å². The van der Waals surface area contributed by atoms with Gasteiger partial charge in [-0.1, -0.05) is 13.8 Å². The Bertz CT molecular complexity index is 282. The Balaban J connectivity index is 2.03. The number of amides is 1. The topological polar surface area (TPSA) is 35.6 Å². The Hall–Kier alpha value is -0.610. The van der Waals surface area contributed by atoms with Crippen LogP contribution in [0.2, 0.25) is 0 Å². The summed E-state index contributed by atoms with van der Waals surface area (Å²) in [5.74, 6) is 0.308. The van der Waals surface area contributed by atoms with Crippen molar-refractivity contribution in [3.8, 4) is 0 Å². The van der Waals surface area contributed by atoms with E-state index in [-0.39, 0.29) is 12.2 Å². The van der Waals surface area contributed by atoms with Crippen LogP contribution in [0.3, 0.4) is 0 Å². The highest BCUT2D eigenvalue weighted by Gasteiger charge is 2.40. The zero-order valence-electron chi connectivity index (χ0n) is 11.3. The molecular formula is C13H25N3O. The third-order valence-electron chi connectivity index (χ3n) is 4.14. The molecule has 0 aromatic carbocycles. The number of likely N-dealkylation sites (N-methyl/N-ethyl adjacent to an activating group) is 1. The van der Waals surface area contributed by atoms with Crippen molar-refractivity contribution in [3.63, 3.8) is 0 Å². The second-order valence-corrected chi connectivity index (χ2v) is 5.24. The van der Waals surface area contributed by atoms with Gasteiger partial charge in [0.1, 0.15) is 0 Å². The molecule has 0 radical (unpaired) electrons. The van der Waals surface area contributed by atoms with Gasteiger partial charge in [0, 0.05) is 12.6 Å². The molecule has 0 saturated carbocycles. The first-order valence-electron chi connectivity index (χ1n) is 6.98. The molecule has 2 heterocycles. The third-order valence-corrected chi connectivity index (χ3v) is 4.14. The van der Waals surface area contributed by atoms with E-state index in [9.17, 15) is 4.79 Å². The molecule has 0 bridgehead atoms. The summed E-state index contributed by atoms with van der Waals surface area (Å²) in [4.78, 5) is 16.8. The van der Waals surface area contributed by atoms with Crippen LogP contribution in [0, 0.1) is 0 Å². The molecule has 0 spiro atoms. The smallest absolute Gasteiger partial charge is 0.241 e. The van der Waals surface area contributed by atoms with Crippen LogP contribution in [0.25, 0.3) is 0 Å². The molecule has 0 aliphatic carbocycles. The summed E-state index contributed by atoms with van der Waals surface area (Å²) >= 11 is 0. The largest absolute Gasteiger partial charge is 0.322 e. The van der Waals surface area contributed by atoms with Crippen molar-refractivity contribution < 1.29 is 4.79 Å². The standard InChI is InChI=1S/C13H25N3O/c1-4-12-13(17)16(10(3)14-12)11-7-6-8-15(5-2)9-11/h10-12,14H,4-9H2,1-3H3. The Morgan fingerprint density at radius 2 is 2.18 bits per heavy atom. The van der Waals surface area contributed by atoms with Gasteiger partial charge in [-0.05, 0) is 39.3 Å². The number of carbonyl (C=O) groups is 1. The van der Waals surface area contributed by atoms with Crippen molar-refractivity contribution in [1.82, 2.24) is 15.1 Å². The van der Waals surface area contributed by atoms with Crippen LogP contribution in [0.15, 0.2) is 0 Å². The first-order valence-corrected chi connectivity index (χ1v) is 6.98. The van der Waals surface area contributed by atoms with Gasteiger partial charge in [0.15, 0.2) is 0 Å². The number of hydrogen-bond acceptors (Lipinski definition) is 3. The van der Waals surface area contributed by atoms with Crippen molar-refractivity contribution in [1.29, 1.82) is 0 Å². The van der Waals surface area contributed by atoms with E-state index in [1.165, 1.54) is 13.0 Å². The summed E-state index contributed by atoms with van der Waals surface area (Å²) in [5, 5.41) is 3.39. The van der Waals surface area contributed by atoms with Crippen molar-refractivity contribution in [2.75, 3.05) is 19.6 Å². The lowest BCUT2D eigenvalue weighted by molar-refractivity contribution is -0.133. The average molecular weight is 239 g/mol. The predicted octanol–water partition coefficient (Wildman–Crippen LogP) is 1.03. The van der Waals surface area contributed by atoms with Crippen LogP contribution in [0.5, 0.6) is 0 Å². The molecule has 2 aliphatic rings. The minimum Gasteiger partial charge on any atom is -0.322 e. The minimum absolute atomic E-state index is 0.0435. The minimum atomic E-state index is 0.0435. The number of carbonyl (C=O) groups excluding carboxylic acids is 1. The molecule has 98 valence electrons. The number of hydrogen-bond donors (Lipinski definition) is 1. The van der Waals surface area contributed by atoms with Gasteiger partial charge in [-0.25, -0.2) is 0 Å². The molecule has 0 aromatic rings. The molecule has 3 atom stereocenters. The number of nitrogens with one attached hydrogen (secondary N) is 1. The molecule has 1 amide bonds. The van der Waals surface area contributed by atoms with E-state index in [4.69, 9.17) is 0 Å². The maximum atomic E-state index is 12.3. The Morgan fingerprint density at radius 3 is 2.76 bits per heavy atom. The highest BCUT2D eigenvalue weighted by atomic mass is 16.2. The van der Waals surface area contributed by atoms with E-state index >= 15 is 0 Å². The van der Waals surface area contributed by atoms with Crippen LogP contribution >= 0.6 is 0 Å². The molecule has 17 heavy (non-hydrogen) atoms. The monoisotopic (exact) mass is 239 g/mol. The van der Waals surface area contributed by atoms with Gasteiger partial charge in [-0.15, -0.1) is 0 Å². The quantitative estimate of drug-likeness (QED) is 0.799. The second-order valence-electron chi connectivity index (χ2n) is 5.24. The first kappa shape index (κ1) is 12.8. The van der Waals surface area contributed by atoms with Gasteiger partial charge in [-0.3, -0.25) is 10.1 Å². The van der Waals surface area contributed by atoms with Crippen LogP contribution in [0.1, 0.15) is 40.0 Å². The summed E-state index contributed by atoms with van der Waals surface area (Å²) in [5.41, 5.74) is 0. The average Bonchev–Trinajstić information content (AvgIpc) is 2.64. The summed E-state index contributed by atoms with van der Waals surface area (Å²) in [6.07, 6.45) is 3.47. The van der Waals surface area contributed by atoms with Crippen LogP contribution in [-0.4, -0.2) is 53.6 Å². The lowest BCUT2D eigenvalue weighted by Crippen LogP contribution is -2.51. The third kappa shape index (κ3) is 2.47. The van der Waals surface area contributed by atoms with E-state index in [1.807, 2.05) is 0 Å². The summed E-state index contributed by atoms with van der Waals surface area (Å²) in [6, 6.07) is 0.456. The predicted molar refractivity (Wildman–Crippen MR) is 68.7 cm³/mol. The number of piperidine rings is 1. The van der Waals surface area contributed by atoms with Crippen molar-refractivity contribution >= 4 is 5.91 Å². The fraction of sp³-hybridized carbons (Fsp3) is 0.923. The summed E-state index contributed by atoms with van der Waals surface area (Å²) < 4.78 is 0. The highest BCUT2D eigenvalue weighted by Crippen LogP contribution is 2.22. The molecule has 4 heteroatoms. The Kier molecular flexibility index (Phi) is 4.05. The van der Waals surface area contributed by atoms with Gasteiger partial charge in [0.2, 0.25) is 5.91 Å². The van der Waals surface area contributed by atoms with Crippen LogP contribution < -0.4 is 5.32 Å². The van der Waals surface area contributed by atoms with Gasteiger partial charge >= 0.3 is 0 Å². The fourth-order valence-corrected chi connectivity index (χ4v) is 3.15. The highest BCUT2D eigenvalue weighted by molar-refractivity contribution is 5.84. The summed E-state index contributed by atoms with van der Waals surface area (Å²) in [6.45, 7) is 9.71. The number of rotatable bonds is 3. The maximum absolute atomic E-state index is 12.3. The zero-order chi connectivity index (χ0) is 12.4. The molecule has 0 aromatic heterocycles. The van der Waals surface area contributed by atoms with E-state index in [0.29, 0.717) is 11.9 Å². The number of nitrogens with zero attached hydrogens (tertiary/aromatic N) is 2. The van der Waals surface area contributed by atoms with Gasteiger partial charge in [-0.2, -0.15) is 0 Å². The van der Waals surface area contributed by atoms with Crippen molar-refractivity contribution in [2.45, 2.75) is 58.3 Å². The first-order chi connectivity index (χ1) is 8.17. The van der Waals surface area contributed by atoms with E-state index < -0.39 is 0 Å². The Morgan fingerprint density at radius 1 is 1.41 bits per heavy atom. The fourth-order valence-electron chi connectivity index (χ4n) is 3.15. The van der Waals surface area contributed by atoms with Crippen LogP contribution in [-0.2, 0) is 4.79 Å². The molecule has 1 N–H and O–H groups in total. The van der Waals surface area contributed by atoms with Gasteiger partial charge < -0.3 is 9.80 Å². The molecule has 2 saturated heterocycles. The van der Waals surface area contributed by atoms with E-state index in [0.717, 1.165) is 25.9 Å². The van der Waals surface area contributed by atoms with Crippen LogP contribution in [0.4, 0.5) is 0 Å². The maximum Gasteiger partial charge on any atom is 0.241 e. The molecule has 2 fully saturated rings. The number of likely N-dealkylation sites (tertiary alicyclic amines) is 1. The SMILES string of the molecule is CCC1NC(C)N(C2CCCN(CC)C2)C1=O. The van der Waals surface area contributed by atoms with E-state index in [1.54, 1.807) is 0 Å². The normalized spacial score (nSPS) is 35.6. The van der Waals surface area contributed by atoms with Crippen molar-refractivity contribution in [3.05, 3.63) is 0 Å². The Labute approximate surface area is 104 Å². The molecule has 3 unspecified atom stereocenters. The molecule has 2 aliphatic heterocycles. The summed E-state index contributed by atoms with van der Waals surface area (Å²) in [7, 11) is 0. The van der Waals surface area contributed by atoms with Gasteiger partial charge in [0.05, 0.1) is 12.2 Å². The molecular weight excluding hydrogens is 214 g/mol. The molecule has 2 rings (SSSR count). The lowest BCUT2D eigenvalue weighted by Gasteiger charge is -2.38. The molecule has 4 nitrogen and oxygen atoms in total. The second kappa shape index (κ2) is 5.36. The lowest BCUT2D eigenvalue weighted by atomic mass is 10.0.